The zero-order valence-electron chi connectivity index (χ0n) is 11.2. The van der Waals surface area contributed by atoms with Gasteiger partial charge in [0.2, 0.25) is 0 Å². The number of nitrogens with zero attached hydrogens (tertiary/aromatic N) is 2. The highest BCUT2D eigenvalue weighted by molar-refractivity contribution is 14.1. The highest BCUT2D eigenvalue weighted by Gasteiger charge is 2.14. The Kier molecular flexibility index (Phi) is 6.01. The Balaban J connectivity index is 2.43. The van der Waals surface area contributed by atoms with E-state index < -0.39 is 0 Å². The summed E-state index contributed by atoms with van der Waals surface area (Å²) in [5, 5.41) is 3.34. The molecule has 0 aliphatic rings. The predicted octanol–water partition coefficient (Wildman–Crippen LogP) is 4.43. The molecule has 2 rings (SSSR count). The molecule has 2 heterocycles. The van der Waals surface area contributed by atoms with Gasteiger partial charge in [0.15, 0.2) is 5.82 Å². The van der Waals surface area contributed by atoms with Crippen LogP contribution in [0.25, 0.3) is 10.7 Å². The summed E-state index contributed by atoms with van der Waals surface area (Å²) in [6.07, 6.45) is 1.04. The fourth-order valence-electron chi connectivity index (χ4n) is 1.63. The summed E-state index contributed by atoms with van der Waals surface area (Å²) < 4.78 is 6.96. The maximum Gasteiger partial charge on any atom is 0.172 e. The van der Waals surface area contributed by atoms with E-state index in [-0.39, 0.29) is 0 Å². The average Bonchev–Trinajstić information content (AvgIpc) is 2.86. The second-order valence-electron chi connectivity index (χ2n) is 4.12. The molecule has 2 aromatic rings. The normalized spacial score (nSPS) is 10.8. The van der Waals surface area contributed by atoms with Crippen LogP contribution in [-0.4, -0.2) is 23.6 Å². The summed E-state index contributed by atoms with van der Waals surface area (Å²) in [4.78, 5) is 10.1. The molecule has 20 heavy (non-hydrogen) atoms. The molecule has 0 spiro atoms. The summed E-state index contributed by atoms with van der Waals surface area (Å²) in [7, 11) is 1.67. The van der Waals surface area contributed by atoms with Crippen molar-refractivity contribution in [2.75, 3.05) is 19.0 Å². The highest BCUT2D eigenvalue weighted by Crippen LogP contribution is 2.31. The quantitative estimate of drug-likeness (QED) is 0.698. The van der Waals surface area contributed by atoms with E-state index in [2.05, 4.69) is 44.8 Å². The molecule has 0 aromatic carbocycles. The molecule has 4 nitrogen and oxygen atoms in total. The molecule has 108 valence electrons. The second-order valence-corrected chi connectivity index (χ2v) is 6.91. The van der Waals surface area contributed by atoms with Crippen LogP contribution < -0.4 is 5.32 Å². The van der Waals surface area contributed by atoms with E-state index in [9.17, 15) is 0 Å². The van der Waals surface area contributed by atoms with Gasteiger partial charge in [-0.05, 0) is 41.1 Å². The van der Waals surface area contributed by atoms with Crippen molar-refractivity contribution < 1.29 is 4.74 Å². The van der Waals surface area contributed by atoms with E-state index in [1.807, 2.05) is 12.1 Å². The van der Waals surface area contributed by atoms with Gasteiger partial charge in [-0.3, -0.25) is 0 Å². The maximum absolute atomic E-state index is 5.99. The molecule has 7 heteroatoms. The molecule has 0 fully saturated rings. The first-order chi connectivity index (χ1) is 9.65. The van der Waals surface area contributed by atoms with Crippen molar-refractivity contribution in [1.82, 2.24) is 9.97 Å². The summed E-state index contributed by atoms with van der Waals surface area (Å²) in [6.45, 7) is 3.47. The van der Waals surface area contributed by atoms with Gasteiger partial charge in [-0.1, -0.05) is 18.5 Å². The standard InChI is InChI=1S/C13H15ClIN3OS/c1-3-6-16-13-11(15)8(7-19-2)17-12(18-13)9-4-5-10(14)20-9/h4-5H,3,6-7H2,1-2H3,(H,16,17,18). The Morgan fingerprint density at radius 1 is 1.40 bits per heavy atom. The number of thiophene rings is 1. The zero-order valence-corrected chi connectivity index (χ0v) is 15.0. The molecule has 0 bridgehead atoms. The summed E-state index contributed by atoms with van der Waals surface area (Å²) in [5.74, 6) is 1.54. The third kappa shape index (κ3) is 3.81. The number of methoxy groups -OCH3 is 1. The van der Waals surface area contributed by atoms with E-state index in [1.54, 1.807) is 7.11 Å². The van der Waals surface area contributed by atoms with Gasteiger partial charge in [-0.25, -0.2) is 9.97 Å². The molecule has 0 atom stereocenters. The average molecular weight is 424 g/mol. The van der Waals surface area contributed by atoms with Crippen LogP contribution in [0.4, 0.5) is 5.82 Å². The third-order valence-corrected chi connectivity index (χ3v) is 4.90. The summed E-state index contributed by atoms with van der Waals surface area (Å²) >= 11 is 9.72. The molecule has 0 radical (unpaired) electrons. The molecule has 0 aliphatic heterocycles. The van der Waals surface area contributed by atoms with Crippen LogP contribution in [-0.2, 0) is 11.3 Å². The lowest BCUT2D eigenvalue weighted by molar-refractivity contribution is 0.181. The van der Waals surface area contributed by atoms with Crippen LogP contribution in [0, 0.1) is 3.57 Å². The zero-order chi connectivity index (χ0) is 14.5. The number of hydrogen-bond acceptors (Lipinski definition) is 5. The van der Waals surface area contributed by atoms with Crippen LogP contribution in [0.5, 0.6) is 0 Å². The number of halogens is 2. The summed E-state index contributed by atoms with van der Waals surface area (Å²) in [6, 6.07) is 3.80. The highest BCUT2D eigenvalue weighted by atomic mass is 127. The van der Waals surface area contributed by atoms with Crippen LogP contribution in [0.1, 0.15) is 19.0 Å². The minimum atomic E-state index is 0.466. The van der Waals surface area contributed by atoms with Crippen LogP contribution in [0.3, 0.4) is 0 Å². The molecule has 0 amide bonds. The predicted molar refractivity (Wildman–Crippen MR) is 92.6 cm³/mol. The lowest BCUT2D eigenvalue weighted by atomic mass is 10.3. The number of anilines is 1. The topological polar surface area (TPSA) is 47.0 Å². The maximum atomic E-state index is 5.99. The third-order valence-electron chi connectivity index (χ3n) is 2.54. The summed E-state index contributed by atoms with van der Waals surface area (Å²) in [5.41, 5.74) is 0.890. The van der Waals surface area contributed by atoms with Crippen LogP contribution in [0.2, 0.25) is 4.34 Å². The lowest BCUT2D eigenvalue weighted by Gasteiger charge is -2.11. The molecule has 0 unspecified atom stereocenters. The molecular formula is C13H15ClIN3OS. The SMILES string of the molecule is CCCNc1nc(-c2ccc(Cl)s2)nc(COC)c1I. The number of aromatic nitrogens is 2. The van der Waals surface area contributed by atoms with Gasteiger partial charge >= 0.3 is 0 Å². The molecule has 0 saturated carbocycles. The number of hydrogen-bond donors (Lipinski definition) is 1. The first kappa shape index (κ1) is 15.9. The van der Waals surface area contributed by atoms with Crippen molar-refractivity contribution >= 4 is 51.3 Å². The van der Waals surface area contributed by atoms with Crippen LogP contribution in [0.15, 0.2) is 12.1 Å². The van der Waals surface area contributed by atoms with Crippen molar-refractivity contribution in [2.24, 2.45) is 0 Å². The van der Waals surface area contributed by atoms with E-state index in [4.69, 9.17) is 16.3 Å². The first-order valence-electron chi connectivity index (χ1n) is 6.20. The number of ether oxygens (including phenoxy) is 1. The van der Waals surface area contributed by atoms with Gasteiger partial charge in [0.05, 0.1) is 25.1 Å². The Bertz CT molecular complexity index is 591. The van der Waals surface area contributed by atoms with Crippen LogP contribution >= 0.6 is 45.5 Å². The van der Waals surface area contributed by atoms with Crippen molar-refractivity contribution in [3.63, 3.8) is 0 Å². The molecule has 0 saturated heterocycles. The van der Waals surface area contributed by atoms with Gasteiger partial charge in [0.1, 0.15) is 5.82 Å². The van der Waals surface area contributed by atoms with Gasteiger partial charge < -0.3 is 10.1 Å². The minimum absolute atomic E-state index is 0.466. The Morgan fingerprint density at radius 2 is 2.20 bits per heavy atom. The number of rotatable bonds is 6. The molecule has 2 aromatic heterocycles. The van der Waals surface area contributed by atoms with Crippen molar-refractivity contribution in [1.29, 1.82) is 0 Å². The van der Waals surface area contributed by atoms with E-state index >= 15 is 0 Å². The van der Waals surface area contributed by atoms with Crippen molar-refractivity contribution in [3.8, 4) is 10.7 Å². The van der Waals surface area contributed by atoms with Gasteiger partial charge in [-0.2, -0.15) is 0 Å². The smallest absolute Gasteiger partial charge is 0.172 e. The molecule has 1 N–H and O–H groups in total. The van der Waals surface area contributed by atoms with Crippen molar-refractivity contribution in [3.05, 3.63) is 25.7 Å². The Morgan fingerprint density at radius 3 is 2.80 bits per heavy atom. The first-order valence-corrected chi connectivity index (χ1v) is 8.48. The lowest BCUT2D eigenvalue weighted by Crippen LogP contribution is -2.09. The largest absolute Gasteiger partial charge is 0.378 e. The van der Waals surface area contributed by atoms with E-state index in [1.165, 1.54) is 11.3 Å². The van der Waals surface area contributed by atoms with E-state index in [0.717, 1.165) is 37.3 Å². The van der Waals surface area contributed by atoms with Gasteiger partial charge in [-0.15, -0.1) is 11.3 Å². The van der Waals surface area contributed by atoms with Gasteiger partial charge in [0.25, 0.3) is 0 Å². The Hall–Kier alpha value is -0.440. The van der Waals surface area contributed by atoms with E-state index in [0.29, 0.717) is 12.4 Å². The Labute approximate surface area is 141 Å². The van der Waals surface area contributed by atoms with Crippen molar-refractivity contribution in [2.45, 2.75) is 20.0 Å². The monoisotopic (exact) mass is 423 g/mol. The second kappa shape index (κ2) is 7.53. The van der Waals surface area contributed by atoms with Gasteiger partial charge in [0, 0.05) is 13.7 Å². The minimum Gasteiger partial charge on any atom is -0.378 e. The fraction of sp³-hybridized carbons (Fsp3) is 0.385. The molecule has 0 aliphatic carbocycles. The fourth-order valence-corrected chi connectivity index (χ4v) is 3.20. The molecular weight excluding hydrogens is 409 g/mol. The number of nitrogens with one attached hydrogen (secondary N) is 1.